The highest BCUT2D eigenvalue weighted by Gasteiger charge is 2.41. The van der Waals surface area contributed by atoms with Gasteiger partial charge < -0.3 is 5.11 Å². The van der Waals surface area contributed by atoms with Gasteiger partial charge in [0, 0.05) is 6.61 Å². The van der Waals surface area contributed by atoms with Gasteiger partial charge in [0.25, 0.3) is 0 Å². The van der Waals surface area contributed by atoms with Crippen molar-refractivity contribution in [3.63, 3.8) is 0 Å². The second-order valence-electron chi connectivity index (χ2n) is 10.6. The lowest BCUT2D eigenvalue weighted by molar-refractivity contribution is 0.0275. The van der Waals surface area contributed by atoms with Gasteiger partial charge in [-0.3, -0.25) is 0 Å². The summed E-state index contributed by atoms with van der Waals surface area (Å²) in [5.74, 6) is 7.92. The van der Waals surface area contributed by atoms with Crippen molar-refractivity contribution in [1.29, 1.82) is 0 Å². The van der Waals surface area contributed by atoms with E-state index in [2.05, 4.69) is 20.8 Å². The molecular weight excluding hydrogens is 328 g/mol. The van der Waals surface area contributed by atoms with Crippen molar-refractivity contribution in [3.05, 3.63) is 0 Å². The Bertz CT molecular complexity index is 410. The highest BCUT2D eigenvalue weighted by molar-refractivity contribution is 4.91. The normalized spacial score (nSPS) is 43.6. The summed E-state index contributed by atoms with van der Waals surface area (Å²) < 4.78 is 0. The Labute approximate surface area is 170 Å². The lowest BCUT2D eigenvalue weighted by atomic mass is 9.58. The fourth-order valence-corrected chi connectivity index (χ4v) is 7.75. The Morgan fingerprint density at radius 2 is 1.15 bits per heavy atom. The van der Waals surface area contributed by atoms with Crippen molar-refractivity contribution in [2.75, 3.05) is 6.61 Å². The predicted molar refractivity (Wildman–Crippen MR) is 117 cm³/mol. The number of hydrogen-bond donors (Lipinski definition) is 1. The van der Waals surface area contributed by atoms with E-state index < -0.39 is 0 Å². The largest absolute Gasteiger partial charge is 0.396 e. The van der Waals surface area contributed by atoms with Gasteiger partial charge >= 0.3 is 0 Å². The van der Waals surface area contributed by atoms with Crippen LogP contribution in [0.15, 0.2) is 0 Å². The second-order valence-corrected chi connectivity index (χ2v) is 10.6. The molecule has 6 unspecified atom stereocenters. The summed E-state index contributed by atoms with van der Waals surface area (Å²) in [6, 6.07) is 0. The van der Waals surface area contributed by atoms with Crippen LogP contribution in [-0.4, -0.2) is 11.7 Å². The van der Waals surface area contributed by atoms with Crippen molar-refractivity contribution in [2.45, 2.75) is 111 Å². The Morgan fingerprint density at radius 1 is 0.593 bits per heavy atom. The number of aliphatic hydroxyl groups excluding tert-OH is 1. The quantitative estimate of drug-likeness (QED) is 0.488. The summed E-state index contributed by atoms with van der Waals surface area (Å²) >= 11 is 0. The van der Waals surface area contributed by atoms with Crippen LogP contribution in [0.25, 0.3) is 0 Å². The maximum atomic E-state index is 9.34. The van der Waals surface area contributed by atoms with Crippen LogP contribution < -0.4 is 0 Å². The van der Waals surface area contributed by atoms with Crippen LogP contribution in [0.3, 0.4) is 0 Å². The van der Waals surface area contributed by atoms with E-state index in [1.165, 1.54) is 77.0 Å². The molecule has 0 heterocycles. The molecule has 27 heavy (non-hydrogen) atoms. The molecule has 3 aliphatic rings. The molecule has 1 nitrogen and oxygen atoms in total. The number of aliphatic hydroxyl groups is 1. The third-order valence-corrected chi connectivity index (χ3v) is 9.50. The summed E-state index contributed by atoms with van der Waals surface area (Å²) in [7, 11) is 0. The molecule has 3 rings (SSSR count). The van der Waals surface area contributed by atoms with Gasteiger partial charge in [0.15, 0.2) is 0 Å². The van der Waals surface area contributed by atoms with E-state index in [1.54, 1.807) is 6.42 Å². The number of rotatable bonds is 7. The van der Waals surface area contributed by atoms with Crippen LogP contribution >= 0.6 is 0 Å². The zero-order valence-electron chi connectivity index (χ0n) is 18.7. The second kappa shape index (κ2) is 10.7. The minimum absolute atomic E-state index is 0.398. The maximum Gasteiger partial charge on any atom is 0.0433 e. The molecule has 3 fully saturated rings. The SMILES string of the molecule is CCC1CCC(C2CCC(C3CCC(CCO)CC3CC)CC2CC)CC1. The smallest absolute Gasteiger partial charge is 0.0433 e. The Balaban J connectivity index is 1.56. The molecule has 0 aromatic heterocycles. The van der Waals surface area contributed by atoms with Crippen LogP contribution in [0.4, 0.5) is 0 Å². The summed E-state index contributed by atoms with van der Waals surface area (Å²) in [4.78, 5) is 0. The summed E-state index contributed by atoms with van der Waals surface area (Å²) in [6.45, 7) is 7.70. The van der Waals surface area contributed by atoms with Gasteiger partial charge in [0.2, 0.25) is 0 Å². The first-order chi connectivity index (χ1) is 13.2. The first kappa shape index (κ1) is 21.7. The first-order valence-corrected chi connectivity index (χ1v) is 12.8. The van der Waals surface area contributed by atoms with E-state index in [4.69, 9.17) is 0 Å². The predicted octanol–water partition coefficient (Wildman–Crippen LogP) is 7.47. The molecular formula is C26H48O. The molecule has 0 aromatic rings. The Morgan fingerprint density at radius 3 is 1.78 bits per heavy atom. The van der Waals surface area contributed by atoms with Crippen LogP contribution in [0.1, 0.15) is 111 Å². The summed E-state index contributed by atoms with van der Waals surface area (Å²) in [5.41, 5.74) is 0. The molecule has 0 radical (unpaired) electrons. The highest BCUT2D eigenvalue weighted by atomic mass is 16.3. The van der Waals surface area contributed by atoms with Gasteiger partial charge in [-0.05, 0) is 98.7 Å². The minimum Gasteiger partial charge on any atom is -0.396 e. The summed E-state index contributed by atoms with van der Waals surface area (Å²) in [6.07, 6.45) is 20.2. The molecule has 158 valence electrons. The fourth-order valence-electron chi connectivity index (χ4n) is 7.75. The van der Waals surface area contributed by atoms with Crippen molar-refractivity contribution >= 4 is 0 Å². The standard InChI is InChI=1S/C26H48O/c1-4-19-7-10-23(11-8-19)25-14-12-24(18-22(25)6-3)26-13-9-20(15-16-27)17-21(26)5-2/h19-27H,4-18H2,1-3H3. The molecule has 1 heteroatoms. The molecule has 1 N–H and O–H groups in total. The lowest BCUT2D eigenvalue weighted by Gasteiger charge is -2.47. The maximum absolute atomic E-state index is 9.34. The zero-order chi connectivity index (χ0) is 19.2. The zero-order valence-corrected chi connectivity index (χ0v) is 18.7. The van der Waals surface area contributed by atoms with Gasteiger partial charge in [0.05, 0.1) is 0 Å². The topological polar surface area (TPSA) is 20.2 Å². The Kier molecular flexibility index (Phi) is 8.55. The van der Waals surface area contributed by atoms with E-state index in [-0.39, 0.29) is 0 Å². The molecule has 0 aromatic carbocycles. The molecule has 0 saturated heterocycles. The van der Waals surface area contributed by atoms with Crippen LogP contribution in [0, 0.1) is 47.3 Å². The van der Waals surface area contributed by atoms with Gasteiger partial charge in [-0.25, -0.2) is 0 Å². The van der Waals surface area contributed by atoms with Gasteiger partial charge in [-0.1, -0.05) is 59.3 Å². The fraction of sp³-hybridized carbons (Fsp3) is 1.00. The molecule has 3 saturated carbocycles. The van der Waals surface area contributed by atoms with Crippen molar-refractivity contribution in [3.8, 4) is 0 Å². The molecule has 0 amide bonds. The van der Waals surface area contributed by atoms with Gasteiger partial charge in [0.1, 0.15) is 0 Å². The van der Waals surface area contributed by atoms with E-state index in [1.807, 2.05) is 0 Å². The van der Waals surface area contributed by atoms with E-state index in [0.29, 0.717) is 6.61 Å². The summed E-state index contributed by atoms with van der Waals surface area (Å²) in [5, 5.41) is 9.34. The molecule has 6 atom stereocenters. The average molecular weight is 377 g/mol. The number of hydrogen-bond acceptors (Lipinski definition) is 1. The van der Waals surface area contributed by atoms with E-state index in [0.717, 1.165) is 53.8 Å². The first-order valence-electron chi connectivity index (χ1n) is 12.8. The van der Waals surface area contributed by atoms with Crippen LogP contribution in [-0.2, 0) is 0 Å². The highest BCUT2D eigenvalue weighted by Crippen LogP contribution is 2.51. The molecule has 0 spiro atoms. The van der Waals surface area contributed by atoms with Gasteiger partial charge in [-0.2, -0.15) is 0 Å². The molecule has 0 bridgehead atoms. The lowest BCUT2D eigenvalue weighted by Crippen LogP contribution is -2.38. The van der Waals surface area contributed by atoms with Crippen molar-refractivity contribution < 1.29 is 5.11 Å². The average Bonchev–Trinajstić information content (AvgIpc) is 2.73. The van der Waals surface area contributed by atoms with Crippen molar-refractivity contribution in [2.24, 2.45) is 47.3 Å². The molecule has 3 aliphatic carbocycles. The van der Waals surface area contributed by atoms with Crippen LogP contribution in [0.2, 0.25) is 0 Å². The monoisotopic (exact) mass is 376 g/mol. The Hall–Kier alpha value is -0.0400. The third-order valence-electron chi connectivity index (χ3n) is 9.50. The van der Waals surface area contributed by atoms with Crippen LogP contribution in [0.5, 0.6) is 0 Å². The third kappa shape index (κ3) is 5.31. The van der Waals surface area contributed by atoms with Crippen molar-refractivity contribution in [1.82, 2.24) is 0 Å². The van der Waals surface area contributed by atoms with Gasteiger partial charge in [-0.15, -0.1) is 0 Å². The van der Waals surface area contributed by atoms with E-state index in [9.17, 15) is 5.11 Å². The minimum atomic E-state index is 0.398. The van der Waals surface area contributed by atoms with E-state index >= 15 is 0 Å². The molecule has 0 aliphatic heterocycles.